The fourth-order valence-electron chi connectivity index (χ4n) is 1.24. The standard InChI is InChI=1S/C11H14O4/c1-8-10(14-3)6-9(13-2)7-11(8)15-5-4-12/h4,6-7H,5H2,1-3H3. The molecule has 0 aromatic heterocycles. The molecule has 0 saturated carbocycles. The van der Waals surface area contributed by atoms with E-state index in [1.165, 1.54) is 0 Å². The molecular weight excluding hydrogens is 196 g/mol. The van der Waals surface area contributed by atoms with Crippen molar-refractivity contribution in [2.24, 2.45) is 0 Å². The summed E-state index contributed by atoms with van der Waals surface area (Å²) in [5.41, 5.74) is 0.847. The lowest BCUT2D eigenvalue weighted by molar-refractivity contribution is -0.109. The fourth-order valence-corrected chi connectivity index (χ4v) is 1.24. The van der Waals surface area contributed by atoms with Gasteiger partial charge in [0.05, 0.1) is 14.2 Å². The second-order valence-electron chi connectivity index (χ2n) is 2.93. The van der Waals surface area contributed by atoms with Gasteiger partial charge in [-0.3, -0.25) is 4.79 Å². The van der Waals surface area contributed by atoms with E-state index in [-0.39, 0.29) is 6.61 Å². The van der Waals surface area contributed by atoms with Gasteiger partial charge in [0.25, 0.3) is 0 Å². The summed E-state index contributed by atoms with van der Waals surface area (Å²) in [6.45, 7) is 1.88. The monoisotopic (exact) mass is 210 g/mol. The lowest BCUT2D eigenvalue weighted by Gasteiger charge is -2.12. The first-order valence-electron chi connectivity index (χ1n) is 4.52. The summed E-state index contributed by atoms with van der Waals surface area (Å²) in [5, 5.41) is 0. The predicted molar refractivity (Wildman–Crippen MR) is 55.8 cm³/mol. The molecular formula is C11H14O4. The van der Waals surface area contributed by atoms with Crippen LogP contribution in [0.2, 0.25) is 0 Å². The van der Waals surface area contributed by atoms with Crippen LogP contribution in [-0.4, -0.2) is 27.1 Å². The summed E-state index contributed by atoms with van der Waals surface area (Å²) in [4.78, 5) is 10.2. The van der Waals surface area contributed by atoms with Crippen LogP contribution in [0.1, 0.15) is 5.56 Å². The minimum absolute atomic E-state index is 0.0250. The quantitative estimate of drug-likeness (QED) is 0.692. The van der Waals surface area contributed by atoms with Crippen molar-refractivity contribution in [3.8, 4) is 17.2 Å². The maximum Gasteiger partial charge on any atom is 0.157 e. The van der Waals surface area contributed by atoms with E-state index < -0.39 is 0 Å². The molecule has 0 amide bonds. The van der Waals surface area contributed by atoms with Crippen LogP contribution in [0.15, 0.2) is 12.1 Å². The normalized spacial score (nSPS) is 9.53. The van der Waals surface area contributed by atoms with Crippen LogP contribution in [0.3, 0.4) is 0 Å². The second-order valence-corrected chi connectivity index (χ2v) is 2.93. The van der Waals surface area contributed by atoms with E-state index in [2.05, 4.69) is 0 Å². The molecule has 4 nitrogen and oxygen atoms in total. The van der Waals surface area contributed by atoms with Gasteiger partial charge in [-0.05, 0) is 6.92 Å². The lowest BCUT2D eigenvalue weighted by Crippen LogP contribution is -2.01. The van der Waals surface area contributed by atoms with Crippen molar-refractivity contribution in [2.75, 3.05) is 20.8 Å². The third-order valence-electron chi connectivity index (χ3n) is 2.05. The Morgan fingerprint density at radius 1 is 1.20 bits per heavy atom. The average molecular weight is 210 g/mol. The third-order valence-corrected chi connectivity index (χ3v) is 2.05. The molecule has 0 N–H and O–H groups in total. The van der Waals surface area contributed by atoms with Crippen molar-refractivity contribution in [2.45, 2.75) is 6.92 Å². The number of aldehydes is 1. The maximum absolute atomic E-state index is 10.2. The Balaban J connectivity index is 3.05. The minimum atomic E-state index is 0.0250. The van der Waals surface area contributed by atoms with Crippen molar-refractivity contribution < 1.29 is 19.0 Å². The average Bonchev–Trinajstić information content (AvgIpc) is 2.27. The Bertz CT molecular complexity index is 347. The SMILES string of the molecule is COc1cc(OC)c(C)c(OCC=O)c1. The molecule has 0 atom stereocenters. The molecule has 0 heterocycles. The Morgan fingerprint density at radius 2 is 1.87 bits per heavy atom. The van der Waals surface area contributed by atoms with Gasteiger partial charge in [0.1, 0.15) is 23.9 Å². The van der Waals surface area contributed by atoms with Crippen molar-refractivity contribution in [1.29, 1.82) is 0 Å². The Labute approximate surface area is 88.8 Å². The van der Waals surface area contributed by atoms with Gasteiger partial charge < -0.3 is 14.2 Å². The van der Waals surface area contributed by atoms with Gasteiger partial charge in [0.15, 0.2) is 6.29 Å². The van der Waals surface area contributed by atoms with Crippen molar-refractivity contribution in [3.05, 3.63) is 17.7 Å². The molecule has 0 aliphatic rings. The molecule has 0 aliphatic heterocycles. The van der Waals surface area contributed by atoms with E-state index in [1.807, 2.05) is 6.92 Å². The van der Waals surface area contributed by atoms with Crippen LogP contribution < -0.4 is 14.2 Å². The number of hydrogen-bond acceptors (Lipinski definition) is 4. The number of rotatable bonds is 5. The summed E-state index contributed by atoms with van der Waals surface area (Å²) in [7, 11) is 3.14. The van der Waals surface area contributed by atoms with Gasteiger partial charge in [0, 0.05) is 17.7 Å². The van der Waals surface area contributed by atoms with E-state index in [0.717, 1.165) is 5.56 Å². The molecule has 1 aromatic carbocycles. The number of carbonyl (C=O) groups is 1. The summed E-state index contributed by atoms with van der Waals surface area (Å²) in [6.07, 6.45) is 0.700. The van der Waals surface area contributed by atoms with Gasteiger partial charge in [-0.2, -0.15) is 0 Å². The van der Waals surface area contributed by atoms with Gasteiger partial charge in [0.2, 0.25) is 0 Å². The number of benzene rings is 1. The fraction of sp³-hybridized carbons (Fsp3) is 0.364. The van der Waals surface area contributed by atoms with Crippen molar-refractivity contribution >= 4 is 6.29 Å². The molecule has 0 saturated heterocycles. The maximum atomic E-state index is 10.2. The zero-order valence-electron chi connectivity index (χ0n) is 9.07. The Morgan fingerprint density at radius 3 is 2.40 bits per heavy atom. The highest BCUT2D eigenvalue weighted by Crippen LogP contribution is 2.32. The van der Waals surface area contributed by atoms with Crippen LogP contribution >= 0.6 is 0 Å². The topological polar surface area (TPSA) is 44.8 Å². The van der Waals surface area contributed by atoms with E-state index in [0.29, 0.717) is 23.5 Å². The van der Waals surface area contributed by atoms with Gasteiger partial charge >= 0.3 is 0 Å². The summed E-state index contributed by atoms with van der Waals surface area (Å²) in [6, 6.07) is 3.49. The predicted octanol–water partition coefficient (Wildman–Crippen LogP) is 1.59. The first kappa shape index (κ1) is 11.4. The van der Waals surface area contributed by atoms with Crippen LogP contribution in [0.25, 0.3) is 0 Å². The zero-order chi connectivity index (χ0) is 11.3. The lowest BCUT2D eigenvalue weighted by atomic mass is 10.2. The minimum Gasteiger partial charge on any atom is -0.496 e. The highest BCUT2D eigenvalue weighted by molar-refractivity contribution is 5.54. The number of methoxy groups -OCH3 is 2. The Hall–Kier alpha value is -1.71. The Kier molecular flexibility index (Phi) is 3.97. The van der Waals surface area contributed by atoms with Gasteiger partial charge in [-0.25, -0.2) is 0 Å². The van der Waals surface area contributed by atoms with Crippen LogP contribution in [-0.2, 0) is 4.79 Å². The molecule has 1 rings (SSSR count). The van der Waals surface area contributed by atoms with Crippen molar-refractivity contribution in [3.63, 3.8) is 0 Å². The molecule has 0 spiro atoms. The first-order valence-corrected chi connectivity index (χ1v) is 4.52. The molecule has 4 heteroatoms. The van der Waals surface area contributed by atoms with Crippen molar-refractivity contribution in [1.82, 2.24) is 0 Å². The highest BCUT2D eigenvalue weighted by atomic mass is 16.5. The molecule has 0 radical (unpaired) electrons. The summed E-state index contributed by atoms with van der Waals surface area (Å²) < 4.78 is 15.5. The molecule has 82 valence electrons. The number of carbonyl (C=O) groups excluding carboxylic acids is 1. The number of hydrogen-bond donors (Lipinski definition) is 0. The van der Waals surface area contributed by atoms with Gasteiger partial charge in [-0.15, -0.1) is 0 Å². The van der Waals surface area contributed by atoms with E-state index in [1.54, 1.807) is 26.4 Å². The molecule has 0 fully saturated rings. The van der Waals surface area contributed by atoms with Crippen LogP contribution in [0.5, 0.6) is 17.2 Å². The first-order chi connectivity index (χ1) is 7.22. The molecule has 1 aromatic rings. The summed E-state index contributed by atoms with van der Waals surface area (Å²) >= 11 is 0. The molecule has 0 bridgehead atoms. The zero-order valence-corrected chi connectivity index (χ0v) is 9.07. The molecule has 15 heavy (non-hydrogen) atoms. The highest BCUT2D eigenvalue weighted by Gasteiger charge is 2.09. The largest absolute Gasteiger partial charge is 0.496 e. The summed E-state index contributed by atoms with van der Waals surface area (Å²) in [5.74, 6) is 1.91. The van der Waals surface area contributed by atoms with E-state index >= 15 is 0 Å². The molecule has 0 aliphatic carbocycles. The van der Waals surface area contributed by atoms with E-state index in [4.69, 9.17) is 14.2 Å². The molecule has 0 unspecified atom stereocenters. The van der Waals surface area contributed by atoms with E-state index in [9.17, 15) is 4.79 Å². The smallest absolute Gasteiger partial charge is 0.157 e. The van der Waals surface area contributed by atoms with Gasteiger partial charge in [-0.1, -0.05) is 0 Å². The second kappa shape index (κ2) is 5.24. The van der Waals surface area contributed by atoms with Crippen LogP contribution in [0, 0.1) is 6.92 Å². The van der Waals surface area contributed by atoms with Crippen LogP contribution in [0.4, 0.5) is 0 Å². The number of ether oxygens (including phenoxy) is 3. The third kappa shape index (κ3) is 2.62.